The van der Waals surface area contributed by atoms with Crippen LogP contribution in [-0.2, 0) is 4.79 Å². The average molecular weight is 532 g/mol. The third-order valence-corrected chi connectivity index (χ3v) is 4.95. The molecule has 1 aliphatic heterocycles. The molecular weight excluding hydrogens is 521 g/mol. The minimum Gasteiger partial charge on any atom is -0.482 e. The van der Waals surface area contributed by atoms with E-state index in [0.29, 0.717) is 0 Å². The molecule has 3 rings (SSSR count). The molecule has 13 heteroatoms. The minimum absolute atomic E-state index is 0.0268. The molecular formula is C20H11BrF5N3O4. The van der Waals surface area contributed by atoms with Gasteiger partial charge in [-0.3, -0.25) is 14.9 Å². The second kappa shape index (κ2) is 9.10. The quantitative estimate of drug-likeness (QED) is 0.0946. The van der Waals surface area contributed by atoms with Gasteiger partial charge in [0.25, 0.3) is 5.91 Å². The van der Waals surface area contributed by atoms with E-state index in [2.05, 4.69) is 27.6 Å². The van der Waals surface area contributed by atoms with E-state index in [1.807, 2.05) is 0 Å². The van der Waals surface area contributed by atoms with Gasteiger partial charge in [-0.2, -0.15) is 10.1 Å². The number of carbonyl (C=O) groups excluding carboxylic acids is 1. The third-order valence-electron chi connectivity index (χ3n) is 4.36. The Morgan fingerprint density at radius 1 is 1.15 bits per heavy atom. The normalized spacial score (nSPS) is 14.6. The Balaban J connectivity index is 2.09. The van der Waals surface area contributed by atoms with Crippen molar-refractivity contribution in [2.24, 2.45) is 5.10 Å². The molecule has 0 radical (unpaired) electrons. The van der Waals surface area contributed by atoms with Gasteiger partial charge in [0.1, 0.15) is 12.3 Å². The van der Waals surface area contributed by atoms with Crippen molar-refractivity contribution in [3.63, 3.8) is 0 Å². The van der Waals surface area contributed by atoms with Crippen LogP contribution in [0.5, 0.6) is 5.75 Å². The van der Waals surface area contributed by atoms with E-state index in [1.165, 1.54) is 19.1 Å². The predicted molar refractivity (Wildman–Crippen MR) is 111 cm³/mol. The van der Waals surface area contributed by atoms with Crippen molar-refractivity contribution in [2.75, 3.05) is 11.6 Å². The number of nitro benzene ring substituents is 1. The highest BCUT2D eigenvalue weighted by Crippen LogP contribution is 2.38. The first-order chi connectivity index (χ1) is 15.5. The summed E-state index contributed by atoms with van der Waals surface area (Å²) < 4.78 is 74.2. The topological polar surface area (TPSA) is 85.0 Å². The van der Waals surface area contributed by atoms with Crippen molar-refractivity contribution in [1.29, 1.82) is 0 Å². The second-order valence-electron chi connectivity index (χ2n) is 6.49. The molecule has 0 spiro atoms. The Hall–Kier alpha value is -3.61. The molecule has 0 N–H and O–H groups in total. The van der Waals surface area contributed by atoms with Gasteiger partial charge in [-0.25, -0.2) is 22.0 Å². The first-order valence-corrected chi connectivity index (χ1v) is 9.63. The smallest absolute Gasteiger partial charge is 0.312 e. The molecule has 0 saturated carbocycles. The molecule has 172 valence electrons. The molecule has 0 atom stereocenters. The van der Waals surface area contributed by atoms with Gasteiger partial charge in [0.05, 0.1) is 20.7 Å². The van der Waals surface area contributed by atoms with Gasteiger partial charge < -0.3 is 4.74 Å². The SMILES string of the molecule is C=CCOc1c(Br)cc(/C=C2\C(=O)N(c3c(F)c(F)c(F)c(F)c3F)N=C2C)cc1[N+](=O)[O-]. The van der Waals surface area contributed by atoms with Crippen LogP contribution in [0.2, 0.25) is 0 Å². The van der Waals surface area contributed by atoms with E-state index in [0.717, 1.165) is 12.1 Å². The number of anilines is 1. The molecule has 1 aliphatic rings. The van der Waals surface area contributed by atoms with Gasteiger partial charge in [-0.1, -0.05) is 12.7 Å². The summed E-state index contributed by atoms with van der Waals surface area (Å²) in [7, 11) is 0. The van der Waals surface area contributed by atoms with Crippen LogP contribution in [0, 0.1) is 39.2 Å². The molecule has 0 unspecified atom stereocenters. The van der Waals surface area contributed by atoms with E-state index < -0.39 is 51.3 Å². The Morgan fingerprint density at radius 2 is 1.73 bits per heavy atom. The summed E-state index contributed by atoms with van der Waals surface area (Å²) >= 11 is 3.13. The van der Waals surface area contributed by atoms with Crippen molar-refractivity contribution in [3.05, 3.63) is 79.6 Å². The molecule has 0 aliphatic carbocycles. The first-order valence-electron chi connectivity index (χ1n) is 8.84. The fourth-order valence-electron chi connectivity index (χ4n) is 2.89. The Morgan fingerprint density at radius 3 is 2.27 bits per heavy atom. The van der Waals surface area contributed by atoms with Crippen molar-refractivity contribution < 1.29 is 36.4 Å². The number of benzene rings is 2. The molecule has 0 saturated heterocycles. The summed E-state index contributed by atoms with van der Waals surface area (Å²) in [4.78, 5) is 23.4. The maximum atomic E-state index is 14.1. The van der Waals surface area contributed by atoms with Gasteiger partial charge in [0.15, 0.2) is 23.3 Å². The molecule has 2 aromatic carbocycles. The number of hydrogen-bond donors (Lipinski definition) is 0. The highest BCUT2D eigenvalue weighted by Gasteiger charge is 2.37. The fraction of sp³-hybridized carbons (Fsp3) is 0.100. The van der Waals surface area contributed by atoms with Crippen LogP contribution >= 0.6 is 15.9 Å². The van der Waals surface area contributed by atoms with Gasteiger partial charge in [-0.15, -0.1) is 0 Å². The number of rotatable bonds is 6. The van der Waals surface area contributed by atoms with Crippen molar-refractivity contribution >= 4 is 45.0 Å². The van der Waals surface area contributed by atoms with Crippen LogP contribution < -0.4 is 9.75 Å². The summed E-state index contributed by atoms with van der Waals surface area (Å²) in [6.45, 7) is 4.67. The van der Waals surface area contributed by atoms with E-state index in [-0.39, 0.29) is 38.7 Å². The molecule has 33 heavy (non-hydrogen) atoms. The third kappa shape index (κ3) is 4.23. The maximum Gasteiger partial charge on any atom is 0.312 e. The lowest BCUT2D eigenvalue weighted by Gasteiger charge is -2.15. The Kier molecular flexibility index (Phi) is 6.63. The van der Waals surface area contributed by atoms with Crippen LogP contribution in [0.15, 0.2) is 39.9 Å². The summed E-state index contributed by atoms with van der Waals surface area (Å²) in [6.07, 6.45) is 2.49. The lowest BCUT2D eigenvalue weighted by Crippen LogP contribution is -2.25. The maximum absolute atomic E-state index is 14.1. The molecule has 7 nitrogen and oxygen atoms in total. The van der Waals surface area contributed by atoms with Gasteiger partial charge >= 0.3 is 5.69 Å². The van der Waals surface area contributed by atoms with Crippen LogP contribution in [0.3, 0.4) is 0 Å². The zero-order valence-corrected chi connectivity index (χ0v) is 18.1. The number of nitrogens with zero attached hydrogens (tertiary/aromatic N) is 3. The van der Waals surface area contributed by atoms with E-state index in [9.17, 15) is 36.9 Å². The van der Waals surface area contributed by atoms with Gasteiger partial charge in [0.2, 0.25) is 11.6 Å². The van der Waals surface area contributed by atoms with Crippen LogP contribution in [0.4, 0.5) is 33.3 Å². The number of carbonyl (C=O) groups is 1. The summed E-state index contributed by atoms with van der Waals surface area (Å²) in [5, 5.41) is 15.1. The van der Waals surface area contributed by atoms with Crippen molar-refractivity contribution in [2.45, 2.75) is 6.92 Å². The van der Waals surface area contributed by atoms with E-state index >= 15 is 0 Å². The molecule has 0 aromatic heterocycles. The highest BCUT2D eigenvalue weighted by atomic mass is 79.9. The van der Waals surface area contributed by atoms with Gasteiger partial charge in [0, 0.05) is 6.07 Å². The lowest BCUT2D eigenvalue weighted by molar-refractivity contribution is -0.385. The minimum atomic E-state index is -2.38. The lowest BCUT2D eigenvalue weighted by atomic mass is 10.1. The Bertz CT molecular complexity index is 1250. The zero-order valence-electron chi connectivity index (χ0n) is 16.5. The van der Waals surface area contributed by atoms with Gasteiger partial charge in [-0.05, 0) is 40.6 Å². The molecule has 1 heterocycles. The first kappa shape index (κ1) is 24.0. The zero-order chi connectivity index (χ0) is 24.6. The number of hydrogen-bond acceptors (Lipinski definition) is 5. The summed E-state index contributed by atoms with van der Waals surface area (Å²) in [5.74, 6) is -12.6. The Labute approximate surface area is 190 Å². The standard InChI is InChI=1S/C20H11BrF5N3O4/c1-3-4-33-19-11(21)6-9(7-12(19)29(31)32)5-10-8(2)27-28(20(10)30)18-16(25)14(23)13(22)15(24)17(18)26/h3,5-7H,1,4H2,2H3/b10-5-. The van der Waals surface area contributed by atoms with Crippen LogP contribution in [0.1, 0.15) is 12.5 Å². The molecule has 0 bridgehead atoms. The predicted octanol–water partition coefficient (Wildman–Crippen LogP) is 5.42. The number of nitro groups is 1. The number of ether oxygens (including phenoxy) is 1. The van der Waals surface area contributed by atoms with Crippen molar-refractivity contribution in [1.82, 2.24) is 0 Å². The molecule has 2 aromatic rings. The second-order valence-corrected chi connectivity index (χ2v) is 7.34. The van der Waals surface area contributed by atoms with Crippen LogP contribution in [-0.4, -0.2) is 23.1 Å². The number of hydrazone groups is 1. The van der Waals surface area contributed by atoms with Crippen LogP contribution in [0.25, 0.3) is 6.08 Å². The summed E-state index contributed by atoms with van der Waals surface area (Å²) in [5.41, 5.74) is -2.33. The van der Waals surface area contributed by atoms with E-state index in [4.69, 9.17) is 4.74 Å². The molecule has 1 amide bonds. The largest absolute Gasteiger partial charge is 0.482 e. The number of amides is 1. The highest BCUT2D eigenvalue weighted by molar-refractivity contribution is 9.10. The average Bonchev–Trinajstić information content (AvgIpc) is 3.03. The molecule has 0 fully saturated rings. The fourth-order valence-corrected chi connectivity index (χ4v) is 3.47. The monoisotopic (exact) mass is 531 g/mol. The van der Waals surface area contributed by atoms with Crippen molar-refractivity contribution in [3.8, 4) is 5.75 Å². The summed E-state index contributed by atoms with van der Waals surface area (Å²) in [6, 6.07) is 2.43. The van der Waals surface area contributed by atoms with E-state index in [1.54, 1.807) is 0 Å². The number of halogens is 6.